The van der Waals surface area contributed by atoms with Gasteiger partial charge in [0.25, 0.3) is 0 Å². The molecule has 0 radical (unpaired) electrons. The van der Waals surface area contributed by atoms with Gasteiger partial charge in [0.05, 0.1) is 11.0 Å². The van der Waals surface area contributed by atoms with Crippen molar-refractivity contribution >= 4 is 37.7 Å². The van der Waals surface area contributed by atoms with Crippen molar-refractivity contribution in [1.29, 1.82) is 0 Å². The highest BCUT2D eigenvalue weighted by molar-refractivity contribution is 9.10. The van der Waals surface area contributed by atoms with Crippen LogP contribution in [0.2, 0.25) is 0 Å². The first-order valence-electron chi connectivity index (χ1n) is 6.73. The number of halogens is 1. The van der Waals surface area contributed by atoms with Crippen molar-refractivity contribution in [2.75, 3.05) is 0 Å². The molecule has 0 atom stereocenters. The van der Waals surface area contributed by atoms with Gasteiger partial charge in [0.1, 0.15) is 10.3 Å². The molecule has 0 N–H and O–H groups in total. The second-order valence-corrected chi connectivity index (χ2v) is 5.63. The topological polar surface area (TPSA) is 25.8 Å². The minimum atomic E-state index is 0.775. The van der Waals surface area contributed by atoms with Gasteiger partial charge in [-0.25, -0.2) is 9.97 Å². The molecule has 4 rings (SSSR count). The van der Waals surface area contributed by atoms with Gasteiger partial charge in [0.2, 0.25) is 0 Å². The average molecular weight is 335 g/mol. The number of hydrogen-bond acceptors (Lipinski definition) is 2. The molecule has 21 heavy (non-hydrogen) atoms. The molecule has 2 nitrogen and oxygen atoms in total. The van der Waals surface area contributed by atoms with Crippen LogP contribution >= 0.6 is 15.9 Å². The smallest absolute Gasteiger partial charge is 0.133 e. The Kier molecular flexibility index (Phi) is 2.93. The Morgan fingerprint density at radius 2 is 1.48 bits per heavy atom. The maximum absolute atomic E-state index is 4.86. The fraction of sp³-hybridized carbons (Fsp3) is 0. The van der Waals surface area contributed by atoms with Crippen molar-refractivity contribution in [3.8, 4) is 11.3 Å². The van der Waals surface area contributed by atoms with E-state index in [1.807, 2.05) is 48.5 Å². The predicted octanol–water partition coefficient (Wildman–Crippen LogP) is 5.21. The third-order valence-electron chi connectivity index (χ3n) is 3.56. The molecule has 0 aliphatic rings. The van der Waals surface area contributed by atoms with Gasteiger partial charge < -0.3 is 0 Å². The molecule has 4 aromatic rings. The average Bonchev–Trinajstić information content (AvgIpc) is 2.55. The summed E-state index contributed by atoms with van der Waals surface area (Å²) in [6, 6.07) is 22.5. The van der Waals surface area contributed by atoms with Gasteiger partial charge in [-0.05, 0) is 27.4 Å². The van der Waals surface area contributed by atoms with Gasteiger partial charge in [-0.15, -0.1) is 0 Å². The number of aromatic nitrogens is 2. The maximum Gasteiger partial charge on any atom is 0.133 e. The summed E-state index contributed by atoms with van der Waals surface area (Å²) in [5, 5.41) is 2.31. The van der Waals surface area contributed by atoms with Crippen LogP contribution < -0.4 is 0 Å². The van der Waals surface area contributed by atoms with E-state index in [1.165, 1.54) is 5.39 Å². The van der Waals surface area contributed by atoms with E-state index in [9.17, 15) is 0 Å². The lowest BCUT2D eigenvalue weighted by Gasteiger charge is -2.08. The van der Waals surface area contributed by atoms with E-state index in [1.54, 1.807) is 0 Å². The Morgan fingerprint density at radius 3 is 2.33 bits per heavy atom. The molecule has 0 saturated carbocycles. The largest absolute Gasteiger partial charge is 0.243 e. The van der Waals surface area contributed by atoms with Gasteiger partial charge in [-0.3, -0.25) is 0 Å². The van der Waals surface area contributed by atoms with Gasteiger partial charge >= 0.3 is 0 Å². The van der Waals surface area contributed by atoms with E-state index in [0.717, 1.165) is 32.3 Å². The summed E-state index contributed by atoms with van der Waals surface area (Å²) in [5.74, 6) is 0. The van der Waals surface area contributed by atoms with Crippen LogP contribution in [0.15, 0.2) is 71.3 Å². The summed E-state index contributed by atoms with van der Waals surface area (Å²) in [4.78, 5) is 9.52. The monoisotopic (exact) mass is 334 g/mol. The zero-order valence-corrected chi connectivity index (χ0v) is 12.7. The quantitative estimate of drug-likeness (QED) is 0.446. The lowest BCUT2D eigenvalue weighted by Crippen LogP contribution is -1.92. The third-order valence-corrected chi connectivity index (χ3v) is 4.12. The van der Waals surface area contributed by atoms with Gasteiger partial charge in [-0.1, -0.05) is 60.7 Å². The van der Waals surface area contributed by atoms with Crippen molar-refractivity contribution in [2.45, 2.75) is 0 Å². The molecule has 3 heteroatoms. The van der Waals surface area contributed by atoms with Crippen LogP contribution in [0.5, 0.6) is 0 Å². The highest BCUT2D eigenvalue weighted by atomic mass is 79.9. The van der Waals surface area contributed by atoms with E-state index in [-0.39, 0.29) is 0 Å². The molecule has 0 unspecified atom stereocenters. The Balaban J connectivity index is 2.09. The molecule has 1 aromatic heterocycles. The summed E-state index contributed by atoms with van der Waals surface area (Å²) >= 11 is 3.54. The molecule has 0 aliphatic carbocycles. The molecule has 0 saturated heterocycles. The van der Waals surface area contributed by atoms with E-state index in [2.05, 4.69) is 39.1 Å². The lowest BCUT2D eigenvalue weighted by molar-refractivity contribution is 1.26. The fourth-order valence-electron chi connectivity index (χ4n) is 2.55. The van der Waals surface area contributed by atoms with Crippen molar-refractivity contribution in [1.82, 2.24) is 9.97 Å². The summed E-state index contributed by atoms with van der Waals surface area (Å²) < 4.78 is 0.775. The first kappa shape index (κ1) is 12.5. The zero-order chi connectivity index (χ0) is 14.2. The molecule has 0 fully saturated rings. The number of nitrogens with zero attached hydrogens (tertiary/aromatic N) is 2. The molecule has 100 valence electrons. The van der Waals surface area contributed by atoms with Crippen molar-refractivity contribution in [2.24, 2.45) is 0 Å². The standard InChI is InChI=1S/C18H11BrN2/c19-18-16(13-7-2-1-3-8-13)21-17-14-9-5-4-6-12(14)10-11-15(17)20-18/h1-11H. The number of benzene rings is 3. The van der Waals surface area contributed by atoms with Crippen LogP contribution in [0.3, 0.4) is 0 Å². The SMILES string of the molecule is Brc1nc2ccc3ccccc3c2nc1-c1ccccc1. The molecule has 0 bridgehead atoms. The van der Waals surface area contributed by atoms with Gasteiger partial charge in [0.15, 0.2) is 0 Å². The van der Waals surface area contributed by atoms with Crippen LogP contribution in [-0.2, 0) is 0 Å². The Hall–Kier alpha value is -2.26. The number of fused-ring (bicyclic) bond motifs is 3. The lowest BCUT2D eigenvalue weighted by atomic mass is 10.1. The van der Waals surface area contributed by atoms with Gasteiger partial charge in [-0.2, -0.15) is 0 Å². The molecule has 1 heterocycles. The Labute approximate surface area is 130 Å². The first-order valence-corrected chi connectivity index (χ1v) is 7.53. The third kappa shape index (κ3) is 2.10. The van der Waals surface area contributed by atoms with Crippen molar-refractivity contribution in [3.05, 3.63) is 71.3 Å². The van der Waals surface area contributed by atoms with E-state index >= 15 is 0 Å². The second-order valence-electron chi connectivity index (χ2n) is 4.88. The Morgan fingerprint density at radius 1 is 0.714 bits per heavy atom. The van der Waals surface area contributed by atoms with E-state index < -0.39 is 0 Å². The molecule has 3 aromatic carbocycles. The Bertz CT molecular complexity index is 949. The molecule has 0 amide bonds. The minimum Gasteiger partial charge on any atom is -0.243 e. The van der Waals surface area contributed by atoms with Crippen molar-refractivity contribution < 1.29 is 0 Å². The normalized spacial score (nSPS) is 11.1. The predicted molar refractivity (Wildman–Crippen MR) is 90.2 cm³/mol. The molecule has 0 spiro atoms. The molecular weight excluding hydrogens is 324 g/mol. The highest BCUT2D eigenvalue weighted by Gasteiger charge is 2.10. The number of hydrogen-bond donors (Lipinski definition) is 0. The van der Waals surface area contributed by atoms with Gasteiger partial charge in [0, 0.05) is 10.9 Å². The summed E-state index contributed by atoms with van der Waals surface area (Å²) in [7, 11) is 0. The van der Waals surface area contributed by atoms with Crippen LogP contribution in [0.1, 0.15) is 0 Å². The van der Waals surface area contributed by atoms with Crippen LogP contribution in [-0.4, -0.2) is 9.97 Å². The maximum atomic E-state index is 4.86. The van der Waals surface area contributed by atoms with Crippen LogP contribution in [0.4, 0.5) is 0 Å². The highest BCUT2D eigenvalue weighted by Crippen LogP contribution is 2.30. The zero-order valence-electron chi connectivity index (χ0n) is 11.1. The van der Waals surface area contributed by atoms with E-state index in [4.69, 9.17) is 4.98 Å². The minimum absolute atomic E-state index is 0.775. The summed E-state index contributed by atoms with van der Waals surface area (Å²) in [5.41, 5.74) is 3.78. The summed E-state index contributed by atoms with van der Waals surface area (Å²) in [6.07, 6.45) is 0. The molecular formula is C18H11BrN2. The second kappa shape index (κ2) is 4.93. The van der Waals surface area contributed by atoms with Crippen LogP contribution in [0, 0.1) is 0 Å². The van der Waals surface area contributed by atoms with Crippen LogP contribution in [0.25, 0.3) is 33.1 Å². The van der Waals surface area contributed by atoms with E-state index in [0.29, 0.717) is 0 Å². The van der Waals surface area contributed by atoms with Crippen molar-refractivity contribution in [3.63, 3.8) is 0 Å². The first-order chi connectivity index (χ1) is 10.3. The fourth-order valence-corrected chi connectivity index (χ4v) is 3.06. The number of rotatable bonds is 1. The summed E-state index contributed by atoms with van der Waals surface area (Å²) in [6.45, 7) is 0. The molecule has 0 aliphatic heterocycles.